The number of hydrogen-bond acceptors (Lipinski definition) is 2. The summed E-state index contributed by atoms with van der Waals surface area (Å²) in [5.74, 6) is 1.23. The Balaban J connectivity index is 2.80. The molecule has 0 radical (unpaired) electrons. The minimum absolute atomic E-state index is 0.498. The number of hydrogen-bond donors (Lipinski definition) is 1. The molecule has 1 atom stereocenters. The minimum Gasteiger partial charge on any atom is -0.330 e. The largest absolute Gasteiger partial charge is 0.330 e. The van der Waals surface area contributed by atoms with E-state index in [1.54, 1.807) is 0 Å². The predicted molar refractivity (Wildman–Crippen MR) is 61.7 cm³/mol. The zero-order valence-corrected chi connectivity index (χ0v) is 9.56. The first-order chi connectivity index (χ1) is 6.65. The first-order valence-electron chi connectivity index (χ1n) is 4.75. The lowest BCUT2D eigenvalue weighted by atomic mass is 10.1. The Hall–Kier alpha value is -0.670. The molecule has 1 aromatic carbocycles. The lowest BCUT2D eigenvalue weighted by Gasteiger charge is -2.08. The maximum atomic E-state index is 11.5. The lowest BCUT2D eigenvalue weighted by molar-refractivity contribution is 0.682. The maximum absolute atomic E-state index is 11.5. The Labute approximate surface area is 88.0 Å². The first-order valence-corrected chi connectivity index (χ1v) is 6.24. The van der Waals surface area contributed by atoms with Crippen LogP contribution < -0.4 is 5.73 Å². The van der Waals surface area contributed by atoms with Crippen LogP contribution in [0.25, 0.3) is 0 Å². The van der Waals surface area contributed by atoms with Crippen molar-refractivity contribution in [2.75, 3.05) is 12.3 Å². The average molecular weight is 211 g/mol. The molecule has 0 aromatic heterocycles. The van der Waals surface area contributed by atoms with Crippen LogP contribution in [0.5, 0.6) is 0 Å². The second-order valence-electron chi connectivity index (χ2n) is 3.45. The Bertz CT molecular complexity index is 316. The molecule has 1 rings (SSSR count). The molecule has 0 amide bonds. The highest BCUT2D eigenvalue weighted by Gasteiger charge is 2.05. The summed E-state index contributed by atoms with van der Waals surface area (Å²) in [7, 11) is -0.817. The second kappa shape index (κ2) is 5.27. The predicted octanol–water partition coefficient (Wildman–Crippen LogP) is 1.51. The van der Waals surface area contributed by atoms with Gasteiger partial charge in [-0.25, -0.2) is 0 Å². The Morgan fingerprint density at radius 3 is 2.36 bits per heavy atom. The van der Waals surface area contributed by atoms with E-state index in [-0.39, 0.29) is 0 Å². The van der Waals surface area contributed by atoms with E-state index in [2.05, 4.69) is 26.0 Å². The molecule has 3 heteroatoms. The molecule has 0 aliphatic heterocycles. The van der Waals surface area contributed by atoms with Crippen LogP contribution in [0.2, 0.25) is 0 Å². The van der Waals surface area contributed by atoms with Crippen LogP contribution in [0.1, 0.15) is 16.7 Å². The van der Waals surface area contributed by atoms with Gasteiger partial charge in [0.05, 0.1) is 0 Å². The van der Waals surface area contributed by atoms with Gasteiger partial charge in [0.2, 0.25) is 0 Å². The van der Waals surface area contributed by atoms with Crippen molar-refractivity contribution in [3.8, 4) is 0 Å². The van der Waals surface area contributed by atoms with Gasteiger partial charge < -0.3 is 5.73 Å². The Kier molecular flexibility index (Phi) is 4.29. The third-order valence-electron chi connectivity index (χ3n) is 2.30. The quantitative estimate of drug-likeness (QED) is 0.820. The summed E-state index contributed by atoms with van der Waals surface area (Å²) in [6, 6.07) is 6.14. The molecule has 0 aliphatic carbocycles. The van der Waals surface area contributed by atoms with Crippen molar-refractivity contribution in [3.05, 3.63) is 34.9 Å². The summed E-state index contributed by atoms with van der Waals surface area (Å²) in [5, 5.41) is 0. The molecule has 0 heterocycles. The van der Waals surface area contributed by atoms with E-state index in [4.69, 9.17) is 5.73 Å². The van der Waals surface area contributed by atoms with Crippen LogP contribution in [-0.4, -0.2) is 16.5 Å². The lowest BCUT2D eigenvalue weighted by Crippen LogP contribution is -2.12. The van der Waals surface area contributed by atoms with E-state index in [1.165, 1.54) is 16.7 Å². The third kappa shape index (κ3) is 2.93. The van der Waals surface area contributed by atoms with Crippen molar-refractivity contribution < 1.29 is 4.21 Å². The monoisotopic (exact) mass is 211 g/mol. The van der Waals surface area contributed by atoms with Crippen molar-refractivity contribution >= 4 is 10.8 Å². The molecule has 1 unspecified atom stereocenters. The van der Waals surface area contributed by atoms with Crippen molar-refractivity contribution in [1.82, 2.24) is 0 Å². The van der Waals surface area contributed by atoms with E-state index in [1.807, 2.05) is 6.07 Å². The number of rotatable bonds is 4. The van der Waals surface area contributed by atoms with Crippen molar-refractivity contribution in [3.63, 3.8) is 0 Å². The fourth-order valence-electron chi connectivity index (χ4n) is 1.44. The SMILES string of the molecule is Cc1cccc(C)c1CS(=O)CCN. The molecule has 78 valence electrons. The van der Waals surface area contributed by atoms with Crippen molar-refractivity contribution in [2.24, 2.45) is 5.73 Å². The summed E-state index contributed by atoms with van der Waals surface area (Å²) in [6.45, 7) is 4.61. The van der Waals surface area contributed by atoms with E-state index in [0.29, 0.717) is 18.1 Å². The smallest absolute Gasteiger partial charge is 0.0491 e. The molecular formula is C11H17NOS. The zero-order chi connectivity index (χ0) is 10.6. The van der Waals surface area contributed by atoms with Gasteiger partial charge in [-0.2, -0.15) is 0 Å². The van der Waals surface area contributed by atoms with Crippen LogP contribution in [0.15, 0.2) is 18.2 Å². The number of aryl methyl sites for hydroxylation is 2. The molecule has 0 aliphatic rings. The van der Waals surface area contributed by atoms with E-state index >= 15 is 0 Å². The van der Waals surface area contributed by atoms with Gasteiger partial charge >= 0.3 is 0 Å². The van der Waals surface area contributed by atoms with Gasteiger partial charge in [0.1, 0.15) is 0 Å². The fourth-order valence-corrected chi connectivity index (χ4v) is 2.63. The summed E-state index contributed by atoms with van der Waals surface area (Å²) in [5.41, 5.74) is 9.01. The molecule has 2 N–H and O–H groups in total. The summed E-state index contributed by atoms with van der Waals surface area (Å²) in [6.07, 6.45) is 0. The van der Waals surface area contributed by atoms with E-state index in [9.17, 15) is 4.21 Å². The highest BCUT2D eigenvalue weighted by Crippen LogP contribution is 2.15. The molecule has 0 bridgehead atoms. The Morgan fingerprint density at radius 1 is 1.29 bits per heavy atom. The standard InChI is InChI=1S/C11H17NOS/c1-9-4-3-5-10(2)11(9)8-14(13)7-6-12/h3-5H,6-8,12H2,1-2H3. The molecule has 2 nitrogen and oxygen atoms in total. The van der Waals surface area contributed by atoms with Gasteiger partial charge in [-0.15, -0.1) is 0 Å². The molecule has 0 saturated carbocycles. The maximum Gasteiger partial charge on any atom is 0.0491 e. The zero-order valence-electron chi connectivity index (χ0n) is 8.75. The molecule has 0 fully saturated rings. The topological polar surface area (TPSA) is 43.1 Å². The van der Waals surface area contributed by atoms with Gasteiger partial charge in [-0.3, -0.25) is 4.21 Å². The Morgan fingerprint density at radius 2 is 1.86 bits per heavy atom. The van der Waals surface area contributed by atoms with Crippen molar-refractivity contribution in [2.45, 2.75) is 19.6 Å². The summed E-state index contributed by atoms with van der Waals surface area (Å²) >= 11 is 0. The van der Waals surface area contributed by atoms with Crippen molar-refractivity contribution in [1.29, 1.82) is 0 Å². The van der Waals surface area contributed by atoms with Gasteiger partial charge in [-0.1, -0.05) is 18.2 Å². The van der Waals surface area contributed by atoms with Gasteiger partial charge in [0, 0.05) is 28.9 Å². The summed E-state index contributed by atoms with van der Waals surface area (Å²) in [4.78, 5) is 0. The van der Waals surface area contributed by atoms with Gasteiger partial charge in [0.25, 0.3) is 0 Å². The van der Waals surface area contributed by atoms with Crippen LogP contribution in [0, 0.1) is 13.8 Å². The van der Waals surface area contributed by atoms with Crippen LogP contribution in [-0.2, 0) is 16.6 Å². The van der Waals surface area contributed by atoms with Crippen LogP contribution in [0.4, 0.5) is 0 Å². The van der Waals surface area contributed by atoms with Crippen LogP contribution in [0.3, 0.4) is 0 Å². The third-order valence-corrected chi connectivity index (χ3v) is 3.60. The fraction of sp³-hybridized carbons (Fsp3) is 0.455. The first kappa shape index (κ1) is 11.4. The summed E-state index contributed by atoms with van der Waals surface area (Å²) < 4.78 is 11.5. The van der Waals surface area contributed by atoms with Crippen LogP contribution >= 0.6 is 0 Å². The molecule has 0 spiro atoms. The molecule has 1 aromatic rings. The molecule has 14 heavy (non-hydrogen) atoms. The number of benzene rings is 1. The van der Waals surface area contributed by atoms with Gasteiger partial charge in [0.15, 0.2) is 0 Å². The second-order valence-corrected chi connectivity index (χ2v) is 5.02. The van der Waals surface area contributed by atoms with E-state index in [0.717, 1.165) is 0 Å². The minimum atomic E-state index is -0.817. The molecular weight excluding hydrogens is 194 g/mol. The van der Waals surface area contributed by atoms with Gasteiger partial charge in [-0.05, 0) is 30.5 Å². The normalized spacial score (nSPS) is 12.8. The highest BCUT2D eigenvalue weighted by molar-refractivity contribution is 7.84. The molecule has 0 saturated heterocycles. The highest BCUT2D eigenvalue weighted by atomic mass is 32.2. The average Bonchev–Trinajstić information content (AvgIpc) is 2.12. The van der Waals surface area contributed by atoms with E-state index < -0.39 is 10.8 Å². The number of nitrogens with two attached hydrogens (primary N) is 1.